The van der Waals surface area contributed by atoms with Crippen LogP contribution in [0.3, 0.4) is 0 Å². The van der Waals surface area contributed by atoms with Crippen molar-refractivity contribution >= 4 is 23.4 Å². The first-order chi connectivity index (χ1) is 8.72. The van der Waals surface area contributed by atoms with Crippen molar-refractivity contribution in [2.75, 3.05) is 17.5 Å². The Hall–Kier alpha value is -1.24. The molecule has 0 saturated heterocycles. The predicted octanol–water partition coefficient (Wildman–Crippen LogP) is 1.35. The maximum absolute atomic E-state index is 9.38. The number of halogens is 1. The molecule has 0 saturated carbocycles. The van der Waals surface area contributed by atoms with Gasteiger partial charge in [-0.1, -0.05) is 42.1 Å². The molecule has 18 heavy (non-hydrogen) atoms. The molecule has 0 radical (unpaired) electrons. The lowest BCUT2D eigenvalue weighted by molar-refractivity contribution is 0.223. The summed E-state index contributed by atoms with van der Waals surface area (Å²) in [5.41, 5.74) is 0.900. The highest BCUT2D eigenvalue weighted by Crippen LogP contribution is 2.21. The van der Waals surface area contributed by atoms with Crippen LogP contribution >= 0.6 is 23.4 Å². The lowest BCUT2D eigenvalue weighted by Gasteiger charge is -2.06. The quantitative estimate of drug-likeness (QED) is 0.492. The summed E-state index contributed by atoms with van der Waals surface area (Å²) in [5, 5.41) is 18.0. The van der Waals surface area contributed by atoms with Gasteiger partial charge in [0.05, 0.1) is 6.10 Å². The second-order valence-electron chi connectivity index (χ2n) is 3.66. The van der Waals surface area contributed by atoms with E-state index in [1.807, 2.05) is 30.3 Å². The Balaban J connectivity index is 2.14. The number of aliphatic hydroxyl groups is 1. The van der Waals surface area contributed by atoms with Gasteiger partial charge >= 0.3 is 0 Å². The molecule has 2 aromatic rings. The average Bonchev–Trinajstić information content (AvgIpc) is 2.78. The average molecular weight is 285 g/mol. The Labute approximate surface area is 114 Å². The van der Waals surface area contributed by atoms with Crippen LogP contribution < -0.4 is 5.84 Å². The van der Waals surface area contributed by atoms with Crippen molar-refractivity contribution in [3.8, 4) is 11.4 Å². The zero-order chi connectivity index (χ0) is 13.0. The van der Waals surface area contributed by atoms with E-state index >= 15 is 0 Å². The molecule has 0 aliphatic heterocycles. The first-order valence-electron chi connectivity index (χ1n) is 5.35. The van der Waals surface area contributed by atoms with E-state index < -0.39 is 6.10 Å². The molecule has 0 spiro atoms. The number of hydrogen-bond donors (Lipinski definition) is 2. The van der Waals surface area contributed by atoms with E-state index in [1.54, 1.807) is 0 Å². The first kappa shape index (κ1) is 13.2. The third-order valence-corrected chi connectivity index (χ3v) is 3.72. The molecular formula is C11H13ClN4OS. The number of nitrogens with zero attached hydrogens (tertiary/aromatic N) is 3. The molecule has 0 amide bonds. The van der Waals surface area contributed by atoms with E-state index in [0.29, 0.717) is 16.7 Å². The molecule has 1 atom stereocenters. The second-order valence-corrected chi connectivity index (χ2v) is 4.96. The smallest absolute Gasteiger partial charge is 0.210 e. The van der Waals surface area contributed by atoms with Crippen LogP contribution in [-0.2, 0) is 0 Å². The van der Waals surface area contributed by atoms with Crippen LogP contribution in [0.2, 0.25) is 0 Å². The van der Waals surface area contributed by atoms with E-state index in [0.717, 1.165) is 5.56 Å². The van der Waals surface area contributed by atoms with Crippen LogP contribution in [0.15, 0.2) is 35.5 Å². The maximum atomic E-state index is 9.38. The molecule has 2 rings (SSSR count). The number of thioether (sulfide) groups is 1. The number of benzene rings is 1. The molecule has 1 heterocycles. The Kier molecular flexibility index (Phi) is 4.46. The summed E-state index contributed by atoms with van der Waals surface area (Å²) in [5.74, 6) is 7.14. The minimum absolute atomic E-state index is 0.192. The van der Waals surface area contributed by atoms with Crippen LogP contribution in [0, 0.1) is 0 Å². The van der Waals surface area contributed by atoms with Crippen molar-refractivity contribution in [1.29, 1.82) is 0 Å². The number of aliphatic hydroxyl groups excluding tert-OH is 1. The topological polar surface area (TPSA) is 77.0 Å². The van der Waals surface area contributed by atoms with Gasteiger partial charge in [-0.15, -0.1) is 21.8 Å². The van der Waals surface area contributed by atoms with E-state index in [2.05, 4.69) is 10.2 Å². The normalized spacial score (nSPS) is 12.6. The Morgan fingerprint density at radius 1 is 1.33 bits per heavy atom. The summed E-state index contributed by atoms with van der Waals surface area (Å²) in [6.07, 6.45) is -0.575. The fourth-order valence-electron chi connectivity index (χ4n) is 1.37. The minimum Gasteiger partial charge on any atom is -0.391 e. The monoisotopic (exact) mass is 284 g/mol. The number of nitrogens with two attached hydrogens (primary N) is 1. The van der Waals surface area contributed by atoms with Gasteiger partial charge in [0.1, 0.15) is 0 Å². The molecule has 0 bridgehead atoms. The number of alkyl halides is 1. The van der Waals surface area contributed by atoms with Gasteiger partial charge in [-0.05, 0) is 0 Å². The van der Waals surface area contributed by atoms with Gasteiger partial charge in [-0.3, -0.25) is 0 Å². The number of nitrogen functional groups attached to an aromatic ring is 1. The molecule has 1 aromatic carbocycles. The zero-order valence-electron chi connectivity index (χ0n) is 9.53. The third kappa shape index (κ3) is 2.95. The highest BCUT2D eigenvalue weighted by atomic mass is 35.5. The lowest BCUT2D eigenvalue weighted by atomic mass is 10.2. The van der Waals surface area contributed by atoms with Gasteiger partial charge in [-0.2, -0.15) is 0 Å². The highest BCUT2D eigenvalue weighted by molar-refractivity contribution is 7.99. The van der Waals surface area contributed by atoms with Crippen LogP contribution in [0.1, 0.15) is 0 Å². The highest BCUT2D eigenvalue weighted by Gasteiger charge is 2.13. The lowest BCUT2D eigenvalue weighted by Crippen LogP contribution is -2.15. The molecule has 5 nitrogen and oxygen atoms in total. The number of rotatable bonds is 5. The largest absolute Gasteiger partial charge is 0.391 e. The van der Waals surface area contributed by atoms with Crippen LogP contribution in [0.25, 0.3) is 11.4 Å². The summed E-state index contributed by atoms with van der Waals surface area (Å²) < 4.78 is 1.42. The van der Waals surface area contributed by atoms with Gasteiger partial charge < -0.3 is 10.9 Å². The zero-order valence-corrected chi connectivity index (χ0v) is 11.1. The summed E-state index contributed by atoms with van der Waals surface area (Å²) in [6.45, 7) is 0. The fraction of sp³-hybridized carbons (Fsp3) is 0.273. The van der Waals surface area contributed by atoms with Gasteiger partial charge in [0.25, 0.3) is 0 Å². The van der Waals surface area contributed by atoms with Crippen LogP contribution in [0.4, 0.5) is 0 Å². The van der Waals surface area contributed by atoms with E-state index in [4.69, 9.17) is 17.4 Å². The summed E-state index contributed by atoms with van der Waals surface area (Å²) in [4.78, 5) is 0. The minimum atomic E-state index is -0.575. The van der Waals surface area contributed by atoms with Crippen LogP contribution in [0.5, 0.6) is 0 Å². The molecule has 0 aliphatic rings. The molecule has 0 aliphatic carbocycles. The molecular weight excluding hydrogens is 272 g/mol. The van der Waals surface area contributed by atoms with Gasteiger partial charge in [0.15, 0.2) is 5.82 Å². The predicted molar refractivity (Wildman–Crippen MR) is 73.1 cm³/mol. The first-order valence-corrected chi connectivity index (χ1v) is 6.87. The van der Waals surface area contributed by atoms with Crippen molar-refractivity contribution < 1.29 is 5.11 Å². The third-order valence-electron chi connectivity index (χ3n) is 2.28. The standard InChI is InChI=1S/C11H13ClN4OS/c12-6-9(17)7-18-11-15-14-10(16(11)13)8-4-2-1-3-5-8/h1-5,9,17H,6-7,13H2. The SMILES string of the molecule is Nn1c(SCC(O)CCl)nnc1-c1ccccc1. The van der Waals surface area contributed by atoms with E-state index in [-0.39, 0.29) is 5.88 Å². The van der Waals surface area contributed by atoms with Crippen molar-refractivity contribution in [1.82, 2.24) is 14.9 Å². The Bertz CT molecular complexity index is 505. The molecule has 7 heteroatoms. The molecule has 0 fully saturated rings. The summed E-state index contributed by atoms with van der Waals surface area (Å²) in [6, 6.07) is 9.57. The molecule has 1 unspecified atom stereocenters. The van der Waals surface area contributed by atoms with Crippen molar-refractivity contribution in [3.05, 3.63) is 30.3 Å². The molecule has 96 valence electrons. The Morgan fingerprint density at radius 2 is 2.06 bits per heavy atom. The fourth-order valence-corrected chi connectivity index (χ4v) is 2.40. The van der Waals surface area contributed by atoms with Crippen molar-refractivity contribution in [3.63, 3.8) is 0 Å². The molecule has 3 N–H and O–H groups in total. The molecule has 1 aromatic heterocycles. The van der Waals surface area contributed by atoms with Gasteiger partial charge in [-0.25, -0.2) is 4.68 Å². The summed E-state index contributed by atoms with van der Waals surface area (Å²) >= 11 is 6.85. The van der Waals surface area contributed by atoms with Crippen molar-refractivity contribution in [2.24, 2.45) is 0 Å². The van der Waals surface area contributed by atoms with E-state index in [9.17, 15) is 5.11 Å². The van der Waals surface area contributed by atoms with Crippen LogP contribution in [-0.4, -0.2) is 37.7 Å². The van der Waals surface area contributed by atoms with Crippen molar-refractivity contribution in [2.45, 2.75) is 11.3 Å². The van der Waals surface area contributed by atoms with Gasteiger partial charge in [0, 0.05) is 17.2 Å². The Morgan fingerprint density at radius 3 is 2.72 bits per heavy atom. The summed E-state index contributed by atoms with van der Waals surface area (Å²) in [7, 11) is 0. The number of hydrogen-bond acceptors (Lipinski definition) is 5. The second kappa shape index (κ2) is 6.08. The van der Waals surface area contributed by atoms with Gasteiger partial charge in [0.2, 0.25) is 5.16 Å². The van der Waals surface area contributed by atoms with E-state index in [1.165, 1.54) is 16.4 Å². The number of aromatic nitrogens is 3. The maximum Gasteiger partial charge on any atom is 0.210 e.